The largest absolute Gasteiger partial charge is 0.322 e. The molecule has 0 heterocycles. The van der Waals surface area contributed by atoms with E-state index < -0.39 is 10.8 Å². The Kier molecular flexibility index (Phi) is 4.13. The van der Waals surface area contributed by atoms with Crippen LogP contribution < -0.4 is 5.32 Å². The minimum absolute atomic E-state index is 0.0764. The number of aryl methyl sites for hydroxylation is 1. The fourth-order valence-electron chi connectivity index (χ4n) is 1.89. The van der Waals surface area contributed by atoms with Gasteiger partial charge in [0.2, 0.25) is 5.91 Å². The predicted octanol–water partition coefficient (Wildman–Crippen LogP) is 3.69. The molecule has 0 saturated carbocycles. The summed E-state index contributed by atoms with van der Waals surface area (Å²) in [5.74, 6) is -0.412. The number of carbonyl (C=O) groups is 1. The van der Waals surface area contributed by atoms with E-state index >= 15 is 0 Å². The Morgan fingerprint density at radius 2 is 1.86 bits per heavy atom. The Balaban J connectivity index is 2.49. The fraction of sp³-hybridized carbons (Fsp3) is 0.0625. The Hall–Kier alpha value is -2.95. The van der Waals surface area contributed by atoms with E-state index in [1.165, 1.54) is 12.1 Å². The maximum Gasteiger partial charge on any atom is 0.272 e. The smallest absolute Gasteiger partial charge is 0.272 e. The second-order valence-electron chi connectivity index (χ2n) is 4.59. The van der Waals surface area contributed by atoms with Gasteiger partial charge < -0.3 is 5.32 Å². The molecule has 0 unspecified atom stereocenters. The highest BCUT2D eigenvalue weighted by molar-refractivity contribution is 5.99. The number of hydrogen-bond acceptors (Lipinski definition) is 3. The van der Waals surface area contributed by atoms with Crippen molar-refractivity contribution >= 4 is 17.3 Å². The molecule has 21 heavy (non-hydrogen) atoms. The molecule has 0 saturated heterocycles. The van der Waals surface area contributed by atoms with Crippen molar-refractivity contribution in [2.45, 2.75) is 6.92 Å². The topological polar surface area (TPSA) is 72.2 Å². The van der Waals surface area contributed by atoms with E-state index in [0.29, 0.717) is 11.3 Å². The van der Waals surface area contributed by atoms with E-state index in [2.05, 4.69) is 11.9 Å². The third-order valence-electron chi connectivity index (χ3n) is 2.97. The molecule has 0 fully saturated rings. The van der Waals surface area contributed by atoms with Crippen molar-refractivity contribution in [2.75, 3.05) is 5.32 Å². The monoisotopic (exact) mass is 282 g/mol. The van der Waals surface area contributed by atoms with Crippen LogP contribution in [-0.4, -0.2) is 10.8 Å². The van der Waals surface area contributed by atoms with Gasteiger partial charge in [0.15, 0.2) is 0 Å². The van der Waals surface area contributed by atoms with Gasteiger partial charge in [-0.2, -0.15) is 0 Å². The maximum atomic E-state index is 11.4. The molecule has 5 heteroatoms. The highest BCUT2D eigenvalue weighted by atomic mass is 16.6. The van der Waals surface area contributed by atoms with Gasteiger partial charge in [-0.3, -0.25) is 14.9 Å². The SMILES string of the molecule is C=CC(=O)Nc1cc(-c2ccc(C)cc2)cc([N+](=O)[O-])c1. The number of nitrogens with one attached hydrogen (secondary N) is 1. The number of anilines is 1. The van der Waals surface area contributed by atoms with Gasteiger partial charge in [0.05, 0.1) is 4.92 Å². The minimum Gasteiger partial charge on any atom is -0.322 e. The van der Waals surface area contributed by atoms with Gasteiger partial charge in [-0.15, -0.1) is 0 Å². The van der Waals surface area contributed by atoms with E-state index in [0.717, 1.165) is 17.2 Å². The Morgan fingerprint density at radius 3 is 2.43 bits per heavy atom. The quantitative estimate of drug-likeness (QED) is 0.528. The first kappa shape index (κ1) is 14.5. The van der Waals surface area contributed by atoms with Gasteiger partial charge in [-0.25, -0.2) is 0 Å². The lowest BCUT2D eigenvalue weighted by Crippen LogP contribution is -2.07. The number of nitro groups is 1. The van der Waals surface area contributed by atoms with Crippen LogP contribution in [0.5, 0.6) is 0 Å². The van der Waals surface area contributed by atoms with Gasteiger partial charge in [0.1, 0.15) is 0 Å². The minimum atomic E-state index is -0.485. The van der Waals surface area contributed by atoms with Crippen LogP contribution in [0, 0.1) is 17.0 Å². The summed E-state index contributed by atoms with van der Waals surface area (Å²) in [7, 11) is 0. The van der Waals surface area contributed by atoms with Crippen molar-refractivity contribution in [3.63, 3.8) is 0 Å². The van der Waals surface area contributed by atoms with E-state index in [-0.39, 0.29) is 5.69 Å². The molecule has 2 aromatic carbocycles. The standard InChI is InChI=1S/C16H14N2O3/c1-3-16(19)17-14-8-13(9-15(10-14)18(20)21)12-6-4-11(2)5-7-12/h3-10H,1H2,2H3,(H,17,19). The van der Waals surface area contributed by atoms with Gasteiger partial charge >= 0.3 is 0 Å². The molecule has 0 aliphatic carbocycles. The van der Waals surface area contributed by atoms with Crippen LogP contribution in [-0.2, 0) is 4.79 Å². The molecule has 2 aromatic rings. The molecule has 0 aromatic heterocycles. The summed E-state index contributed by atoms with van der Waals surface area (Å²) >= 11 is 0. The Bertz CT molecular complexity index is 706. The maximum absolute atomic E-state index is 11.4. The van der Waals surface area contributed by atoms with E-state index in [9.17, 15) is 14.9 Å². The molecule has 0 bridgehead atoms. The zero-order valence-corrected chi connectivity index (χ0v) is 11.5. The normalized spacial score (nSPS) is 9.95. The summed E-state index contributed by atoms with van der Waals surface area (Å²) in [6, 6.07) is 12.1. The van der Waals surface area contributed by atoms with Crippen molar-refractivity contribution in [1.82, 2.24) is 0 Å². The number of nitrogens with zero attached hydrogens (tertiary/aromatic N) is 1. The van der Waals surface area contributed by atoms with Gasteiger partial charge in [0, 0.05) is 17.8 Å². The average molecular weight is 282 g/mol. The molecule has 0 atom stereocenters. The summed E-state index contributed by atoms with van der Waals surface area (Å²) in [4.78, 5) is 21.9. The summed E-state index contributed by atoms with van der Waals surface area (Å²) in [6.45, 7) is 5.32. The van der Waals surface area contributed by atoms with E-state index in [1.54, 1.807) is 6.07 Å². The van der Waals surface area contributed by atoms with Crippen LogP contribution in [0.4, 0.5) is 11.4 Å². The Morgan fingerprint density at radius 1 is 1.19 bits per heavy atom. The van der Waals surface area contributed by atoms with Crippen LogP contribution >= 0.6 is 0 Å². The zero-order chi connectivity index (χ0) is 15.4. The molecule has 2 rings (SSSR count). The number of rotatable bonds is 4. The average Bonchev–Trinajstić information content (AvgIpc) is 2.47. The van der Waals surface area contributed by atoms with Gasteiger partial charge in [-0.05, 0) is 30.2 Å². The molecule has 5 nitrogen and oxygen atoms in total. The van der Waals surface area contributed by atoms with Crippen LogP contribution in [0.1, 0.15) is 5.56 Å². The third kappa shape index (κ3) is 3.54. The molecule has 1 N–H and O–H groups in total. The van der Waals surface area contributed by atoms with Crippen molar-refractivity contribution in [3.05, 3.63) is 70.8 Å². The second-order valence-corrected chi connectivity index (χ2v) is 4.59. The second kappa shape index (κ2) is 6.00. The zero-order valence-electron chi connectivity index (χ0n) is 11.5. The van der Waals surface area contributed by atoms with Crippen LogP contribution in [0.2, 0.25) is 0 Å². The van der Waals surface area contributed by atoms with Crippen LogP contribution in [0.15, 0.2) is 55.1 Å². The predicted molar refractivity (Wildman–Crippen MR) is 82.1 cm³/mol. The van der Waals surface area contributed by atoms with Crippen LogP contribution in [0.3, 0.4) is 0 Å². The first-order valence-electron chi connectivity index (χ1n) is 6.29. The van der Waals surface area contributed by atoms with Gasteiger partial charge in [0.25, 0.3) is 5.69 Å². The lowest BCUT2D eigenvalue weighted by molar-refractivity contribution is -0.384. The number of hydrogen-bond donors (Lipinski definition) is 1. The lowest BCUT2D eigenvalue weighted by atomic mass is 10.0. The first-order chi connectivity index (χ1) is 9.99. The highest BCUT2D eigenvalue weighted by Gasteiger charge is 2.12. The highest BCUT2D eigenvalue weighted by Crippen LogP contribution is 2.28. The number of amides is 1. The number of carbonyl (C=O) groups excluding carboxylic acids is 1. The van der Waals surface area contributed by atoms with Crippen LogP contribution in [0.25, 0.3) is 11.1 Å². The Labute approximate surface area is 122 Å². The summed E-state index contributed by atoms with van der Waals surface area (Å²) in [6.07, 6.45) is 1.12. The lowest BCUT2D eigenvalue weighted by Gasteiger charge is -2.07. The summed E-state index contributed by atoms with van der Waals surface area (Å²) < 4.78 is 0. The van der Waals surface area contributed by atoms with Crippen molar-refractivity contribution in [2.24, 2.45) is 0 Å². The first-order valence-corrected chi connectivity index (χ1v) is 6.29. The molecule has 0 radical (unpaired) electrons. The summed E-state index contributed by atoms with van der Waals surface area (Å²) in [5.41, 5.74) is 2.91. The third-order valence-corrected chi connectivity index (χ3v) is 2.97. The molecule has 1 amide bonds. The van der Waals surface area contributed by atoms with Crippen molar-refractivity contribution < 1.29 is 9.72 Å². The molecule has 0 spiro atoms. The molecule has 0 aliphatic rings. The molecular formula is C16H14N2O3. The molecular weight excluding hydrogens is 268 g/mol. The van der Waals surface area contributed by atoms with Crippen molar-refractivity contribution in [1.29, 1.82) is 0 Å². The number of nitro benzene ring substituents is 1. The van der Waals surface area contributed by atoms with E-state index in [1.807, 2.05) is 31.2 Å². The molecule has 0 aliphatic heterocycles. The van der Waals surface area contributed by atoms with E-state index in [4.69, 9.17) is 0 Å². The van der Waals surface area contributed by atoms with Crippen molar-refractivity contribution in [3.8, 4) is 11.1 Å². The van der Waals surface area contributed by atoms with Gasteiger partial charge in [-0.1, -0.05) is 36.4 Å². The number of non-ortho nitro benzene ring substituents is 1. The number of benzene rings is 2. The summed E-state index contributed by atoms with van der Waals surface area (Å²) in [5, 5.41) is 13.6. The fourth-order valence-corrected chi connectivity index (χ4v) is 1.89. The molecule has 106 valence electrons.